The van der Waals surface area contributed by atoms with Crippen molar-refractivity contribution in [3.05, 3.63) is 23.4 Å². The van der Waals surface area contributed by atoms with Crippen molar-refractivity contribution in [3.63, 3.8) is 0 Å². The van der Waals surface area contributed by atoms with Gasteiger partial charge in [-0.25, -0.2) is 0 Å². The molecule has 1 aliphatic rings. The molecule has 0 N–H and O–H groups in total. The van der Waals surface area contributed by atoms with Gasteiger partial charge in [-0.1, -0.05) is 11.2 Å². The smallest absolute Gasteiger partial charge is 0.249 e. The van der Waals surface area contributed by atoms with Crippen LogP contribution in [-0.4, -0.2) is 27.5 Å². The zero-order chi connectivity index (χ0) is 12.5. The summed E-state index contributed by atoms with van der Waals surface area (Å²) in [6.45, 7) is 2.35. The molecule has 5 nitrogen and oxygen atoms in total. The fraction of sp³-hybridized carbons (Fsp3) is 0.417. The van der Waals surface area contributed by atoms with E-state index >= 15 is 0 Å². The largest absolute Gasteiger partial charge is 0.337 e. The Hall–Kier alpha value is -1.69. The van der Waals surface area contributed by atoms with Gasteiger partial charge in [-0.3, -0.25) is 4.79 Å². The molecule has 1 aliphatic heterocycles. The monoisotopic (exact) mass is 263 g/mol. The Bertz CT molecular complexity index is 549. The van der Waals surface area contributed by atoms with Gasteiger partial charge >= 0.3 is 0 Å². The molecule has 1 unspecified atom stereocenters. The van der Waals surface area contributed by atoms with Crippen LogP contribution in [0, 0.1) is 0 Å². The Balaban J connectivity index is 1.87. The number of hydrogen-bond donors (Lipinski definition) is 0. The molecule has 1 amide bonds. The minimum absolute atomic E-state index is 0.0521. The number of thiophene rings is 1. The highest BCUT2D eigenvalue weighted by Crippen LogP contribution is 2.32. The number of carbonyl (C=O) groups excluding carboxylic acids is 1. The lowest BCUT2D eigenvalue weighted by molar-refractivity contribution is -0.130. The Labute approximate surface area is 108 Å². The maximum absolute atomic E-state index is 11.5. The topological polar surface area (TPSA) is 59.2 Å². The third-order valence-corrected chi connectivity index (χ3v) is 3.99. The molecule has 0 saturated carbocycles. The Morgan fingerprint density at radius 3 is 3.22 bits per heavy atom. The molecule has 0 aliphatic carbocycles. The molecular formula is C12H13N3O2S. The van der Waals surface area contributed by atoms with E-state index in [-0.39, 0.29) is 11.9 Å². The van der Waals surface area contributed by atoms with Crippen molar-refractivity contribution in [1.82, 2.24) is 15.0 Å². The van der Waals surface area contributed by atoms with E-state index in [1.165, 1.54) is 0 Å². The maximum Gasteiger partial charge on any atom is 0.249 e. The van der Waals surface area contributed by atoms with Crippen LogP contribution in [0.1, 0.15) is 31.7 Å². The van der Waals surface area contributed by atoms with Crippen LogP contribution in [0.2, 0.25) is 0 Å². The molecule has 2 aromatic rings. The molecule has 0 spiro atoms. The van der Waals surface area contributed by atoms with Crippen LogP contribution in [0.4, 0.5) is 0 Å². The van der Waals surface area contributed by atoms with Crippen molar-refractivity contribution in [2.24, 2.45) is 0 Å². The highest BCUT2D eigenvalue weighted by atomic mass is 32.1. The third kappa shape index (κ3) is 1.92. The van der Waals surface area contributed by atoms with Crippen molar-refractivity contribution in [1.29, 1.82) is 0 Å². The van der Waals surface area contributed by atoms with Crippen LogP contribution in [-0.2, 0) is 4.79 Å². The number of likely N-dealkylation sites (tertiary alicyclic amines) is 1. The SMILES string of the molecule is CC(=O)N1CCCC1c1nc(-c2cccs2)no1. The van der Waals surface area contributed by atoms with Gasteiger partial charge in [-0.15, -0.1) is 11.3 Å². The molecule has 0 aromatic carbocycles. The first kappa shape index (κ1) is 11.4. The molecule has 1 fully saturated rings. The fourth-order valence-electron chi connectivity index (χ4n) is 2.28. The first-order chi connectivity index (χ1) is 8.75. The van der Waals surface area contributed by atoms with E-state index in [2.05, 4.69) is 10.1 Å². The molecule has 1 saturated heterocycles. The Morgan fingerprint density at radius 1 is 1.61 bits per heavy atom. The standard InChI is InChI=1S/C12H13N3O2S/c1-8(16)15-6-2-4-9(15)12-13-11(14-17-12)10-5-3-7-18-10/h3,5,7,9H,2,4,6H2,1H3. The van der Waals surface area contributed by atoms with Crippen LogP contribution in [0.15, 0.2) is 22.0 Å². The zero-order valence-corrected chi connectivity index (χ0v) is 10.8. The van der Waals surface area contributed by atoms with E-state index in [0.29, 0.717) is 11.7 Å². The number of aromatic nitrogens is 2. The van der Waals surface area contributed by atoms with E-state index in [9.17, 15) is 4.79 Å². The van der Waals surface area contributed by atoms with Gasteiger partial charge in [0.05, 0.1) is 4.88 Å². The molecule has 18 heavy (non-hydrogen) atoms. The van der Waals surface area contributed by atoms with E-state index in [4.69, 9.17) is 4.52 Å². The van der Waals surface area contributed by atoms with Gasteiger partial charge in [0.15, 0.2) is 0 Å². The van der Waals surface area contributed by atoms with Crippen molar-refractivity contribution >= 4 is 17.2 Å². The molecule has 3 heterocycles. The quantitative estimate of drug-likeness (QED) is 0.835. The molecule has 6 heteroatoms. The minimum Gasteiger partial charge on any atom is -0.337 e. The molecule has 2 aromatic heterocycles. The molecular weight excluding hydrogens is 250 g/mol. The summed E-state index contributed by atoms with van der Waals surface area (Å²) >= 11 is 1.57. The average molecular weight is 263 g/mol. The van der Waals surface area contributed by atoms with Gasteiger partial charge in [0.2, 0.25) is 17.6 Å². The molecule has 94 valence electrons. The summed E-state index contributed by atoms with van der Waals surface area (Å²) < 4.78 is 5.30. The molecule has 0 bridgehead atoms. The summed E-state index contributed by atoms with van der Waals surface area (Å²) in [5.41, 5.74) is 0. The van der Waals surface area contributed by atoms with Crippen LogP contribution < -0.4 is 0 Å². The molecule has 1 atom stereocenters. The summed E-state index contributed by atoms with van der Waals surface area (Å²) in [6, 6.07) is 3.85. The van der Waals surface area contributed by atoms with Crippen molar-refractivity contribution < 1.29 is 9.32 Å². The first-order valence-electron chi connectivity index (χ1n) is 5.90. The van der Waals surface area contributed by atoms with E-state index < -0.39 is 0 Å². The lowest BCUT2D eigenvalue weighted by Gasteiger charge is -2.19. The summed E-state index contributed by atoms with van der Waals surface area (Å²) in [5.74, 6) is 1.22. The predicted octanol–water partition coefficient (Wildman–Crippen LogP) is 2.48. The third-order valence-electron chi connectivity index (χ3n) is 3.13. The van der Waals surface area contributed by atoms with Crippen LogP contribution in [0.3, 0.4) is 0 Å². The molecule has 3 rings (SSSR count). The van der Waals surface area contributed by atoms with Gasteiger partial charge in [-0.2, -0.15) is 4.98 Å². The average Bonchev–Trinajstić information content (AvgIpc) is 3.10. The van der Waals surface area contributed by atoms with Crippen molar-refractivity contribution in [2.45, 2.75) is 25.8 Å². The van der Waals surface area contributed by atoms with Crippen LogP contribution in [0.5, 0.6) is 0 Å². The van der Waals surface area contributed by atoms with E-state index in [0.717, 1.165) is 24.3 Å². The number of amides is 1. The number of nitrogens with zero attached hydrogens (tertiary/aromatic N) is 3. The fourth-order valence-corrected chi connectivity index (χ4v) is 2.93. The second-order valence-electron chi connectivity index (χ2n) is 4.30. The Kier molecular flexibility index (Phi) is 2.87. The van der Waals surface area contributed by atoms with E-state index in [1.807, 2.05) is 17.5 Å². The lowest BCUT2D eigenvalue weighted by atomic mass is 10.2. The highest BCUT2D eigenvalue weighted by Gasteiger charge is 2.32. The zero-order valence-electron chi connectivity index (χ0n) is 10.00. The second-order valence-corrected chi connectivity index (χ2v) is 5.25. The first-order valence-corrected chi connectivity index (χ1v) is 6.78. The normalized spacial score (nSPS) is 19.4. The minimum atomic E-state index is -0.0521. The summed E-state index contributed by atoms with van der Waals surface area (Å²) in [6.07, 6.45) is 1.88. The lowest BCUT2D eigenvalue weighted by Crippen LogP contribution is -2.28. The highest BCUT2D eigenvalue weighted by molar-refractivity contribution is 7.13. The van der Waals surface area contributed by atoms with Crippen LogP contribution in [0.25, 0.3) is 10.7 Å². The van der Waals surface area contributed by atoms with Crippen molar-refractivity contribution in [3.8, 4) is 10.7 Å². The van der Waals surface area contributed by atoms with Gasteiger partial charge < -0.3 is 9.42 Å². The Morgan fingerprint density at radius 2 is 2.50 bits per heavy atom. The van der Waals surface area contributed by atoms with Crippen molar-refractivity contribution in [2.75, 3.05) is 6.54 Å². The number of carbonyl (C=O) groups is 1. The van der Waals surface area contributed by atoms with E-state index in [1.54, 1.807) is 23.2 Å². The molecule has 0 radical (unpaired) electrons. The van der Waals surface area contributed by atoms with Gasteiger partial charge in [-0.05, 0) is 24.3 Å². The maximum atomic E-state index is 11.5. The summed E-state index contributed by atoms with van der Waals surface area (Å²) in [5, 5.41) is 5.96. The van der Waals surface area contributed by atoms with Gasteiger partial charge in [0.25, 0.3) is 0 Å². The number of rotatable bonds is 2. The predicted molar refractivity (Wildman–Crippen MR) is 67.0 cm³/mol. The van der Waals surface area contributed by atoms with Gasteiger partial charge in [0, 0.05) is 13.5 Å². The number of hydrogen-bond acceptors (Lipinski definition) is 5. The summed E-state index contributed by atoms with van der Waals surface area (Å²) in [4.78, 5) is 18.7. The second kappa shape index (κ2) is 4.53. The summed E-state index contributed by atoms with van der Waals surface area (Å²) in [7, 11) is 0. The van der Waals surface area contributed by atoms with Gasteiger partial charge in [0.1, 0.15) is 6.04 Å². The van der Waals surface area contributed by atoms with Crippen LogP contribution >= 0.6 is 11.3 Å².